The lowest BCUT2D eigenvalue weighted by molar-refractivity contribution is -0.144. The lowest BCUT2D eigenvalue weighted by Crippen LogP contribution is -2.28. The molecule has 4 rings (SSSR count). The highest BCUT2D eigenvalue weighted by atomic mass is 31.1. The molecule has 0 radical (unpaired) electrons. The summed E-state index contributed by atoms with van der Waals surface area (Å²) in [4.78, 5) is 0. The summed E-state index contributed by atoms with van der Waals surface area (Å²) < 4.78 is 183. The molecule has 0 bridgehead atoms. The van der Waals surface area contributed by atoms with Crippen LogP contribution in [0.25, 0.3) is 11.1 Å². The molecule has 0 amide bonds. The molecule has 282 valence electrons. The molecule has 0 saturated heterocycles. The number of ether oxygens (including phenoxy) is 2. The van der Waals surface area contributed by atoms with Gasteiger partial charge in [-0.05, 0) is 102 Å². The van der Waals surface area contributed by atoms with Crippen LogP contribution in [0.2, 0.25) is 0 Å². The van der Waals surface area contributed by atoms with Crippen LogP contribution >= 0.6 is 7.92 Å². The monoisotopic (exact) mass is 768 g/mol. The Morgan fingerprint density at radius 1 is 0.538 bits per heavy atom. The first-order valence-electron chi connectivity index (χ1n) is 15.7. The Labute approximate surface area is 293 Å². The molecule has 0 N–H and O–H groups in total. The van der Waals surface area contributed by atoms with Crippen molar-refractivity contribution in [2.45, 2.75) is 70.7 Å². The fraction of sp³-hybridized carbons (Fsp3) is 0.351. The van der Waals surface area contributed by atoms with Gasteiger partial charge in [0.1, 0.15) is 11.5 Å². The summed E-state index contributed by atoms with van der Waals surface area (Å²) in [7, 11) is -0.814. The smallest absolute Gasteiger partial charge is 0.416 e. The Morgan fingerprint density at radius 2 is 0.923 bits per heavy atom. The number of hydrogen-bond donors (Lipinski definition) is 0. The van der Waals surface area contributed by atoms with Gasteiger partial charge in [0, 0.05) is 10.9 Å². The van der Waals surface area contributed by atoms with Gasteiger partial charge in [0.05, 0.1) is 36.5 Å². The molecule has 0 aromatic heterocycles. The van der Waals surface area contributed by atoms with E-state index in [9.17, 15) is 52.7 Å². The van der Waals surface area contributed by atoms with Crippen molar-refractivity contribution < 1.29 is 62.2 Å². The quantitative estimate of drug-likeness (QED) is 0.125. The summed E-state index contributed by atoms with van der Waals surface area (Å²) >= 11 is 0. The Balaban J connectivity index is 2.40. The van der Waals surface area contributed by atoms with Crippen LogP contribution in [0.5, 0.6) is 11.5 Å². The highest BCUT2D eigenvalue weighted by Gasteiger charge is 2.42. The third-order valence-corrected chi connectivity index (χ3v) is 11.0. The normalized spacial score (nSPS) is 13.5. The lowest BCUT2D eigenvalue weighted by atomic mass is 9.83. The van der Waals surface area contributed by atoms with Crippen LogP contribution in [-0.4, -0.2) is 14.2 Å². The van der Waals surface area contributed by atoms with Crippen LogP contribution in [0.15, 0.2) is 66.7 Å². The number of methoxy groups -OCH3 is 2. The molecule has 0 heterocycles. The Morgan fingerprint density at radius 3 is 1.27 bits per heavy atom. The van der Waals surface area contributed by atoms with Gasteiger partial charge in [0.25, 0.3) is 0 Å². The molecule has 0 aliphatic heterocycles. The number of hydrogen-bond acceptors (Lipinski definition) is 2. The van der Waals surface area contributed by atoms with Crippen LogP contribution in [0.3, 0.4) is 0 Å². The van der Waals surface area contributed by atoms with E-state index in [0.717, 1.165) is 7.11 Å². The van der Waals surface area contributed by atoms with E-state index in [1.165, 1.54) is 19.2 Å². The first-order chi connectivity index (χ1) is 23.9. The highest BCUT2D eigenvalue weighted by Crippen LogP contribution is 2.50. The number of alkyl halides is 12. The fourth-order valence-electron chi connectivity index (χ4n) is 5.88. The maximum atomic E-state index is 14.3. The van der Waals surface area contributed by atoms with Crippen LogP contribution in [0.4, 0.5) is 52.7 Å². The van der Waals surface area contributed by atoms with Crippen molar-refractivity contribution >= 4 is 23.8 Å². The van der Waals surface area contributed by atoms with Gasteiger partial charge in [-0.1, -0.05) is 45.9 Å². The van der Waals surface area contributed by atoms with Gasteiger partial charge in [-0.15, -0.1) is 0 Å². The minimum Gasteiger partial charge on any atom is -0.496 e. The molecule has 0 aliphatic rings. The number of rotatable bonds is 9. The molecule has 0 aliphatic carbocycles. The zero-order chi connectivity index (χ0) is 39.1. The molecule has 52 heavy (non-hydrogen) atoms. The molecular weight excluding hydrogens is 735 g/mol. The van der Waals surface area contributed by atoms with E-state index >= 15 is 0 Å². The summed E-state index contributed by atoms with van der Waals surface area (Å²) in [6, 6.07) is 8.85. The molecule has 4 aromatic carbocycles. The molecular formula is C37H33F12O2P. The predicted octanol–water partition coefficient (Wildman–Crippen LogP) is 11.8. The number of benzene rings is 4. The van der Waals surface area contributed by atoms with Gasteiger partial charge in [-0.25, -0.2) is 0 Å². The van der Waals surface area contributed by atoms with E-state index in [4.69, 9.17) is 9.47 Å². The van der Waals surface area contributed by atoms with Crippen molar-refractivity contribution in [3.63, 3.8) is 0 Å². The Bertz CT molecular complexity index is 1770. The summed E-state index contributed by atoms with van der Waals surface area (Å²) in [6.07, 6.45) is -21.0. The summed E-state index contributed by atoms with van der Waals surface area (Å²) in [6.45, 7) is 7.37. The molecule has 0 fully saturated rings. The standard InChI is InChI=1S/C37H33F12O2P/c1-7-20(4)28-10-8-9-27(19(2)3)31(28)32-29(50-5)11-12-30(51-6)33(32)52(25-15-21(34(38,39)40)13-22(16-25)35(41,42)43)26-17-23(36(44,45)46)14-24(18-26)37(47,48)49/h8-20H,7H2,1-6H3. The minimum absolute atomic E-state index is 0.00648. The van der Waals surface area contributed by atoms with Gasteiger partial charge in [-0.2, -0.15) is 52.7 Å². The van der Waals surface area contributed by atoms with Crippen LogP contribution in [-0.2, 0) is 24.7 Å². The van der Waals surface area contributed by atoms with E-state index in [0.29, 0.717) is 47.4 Å². The third kappa shape index (κ3) is 8.48. The molecule has 2 nitrogen and oxygen atoms in total. The molecule has 15 heteroatoms. The van der Waals surface area contributed by atoms with E-state index in [-0.39, 0.29) is 46.3 Å². The molecule has 0 spiro atoms. The second kappa shape index (κ2) is 14.8. The zero-order valence-electron chi connectivity index (χ0n) is 28.5. The topological polar surface area (TPSA) is 18.5 Å². The number of halogens is 12. The van der Waals surface area contributed by atoms with Gasteiger partial charge in [-0.3, -0.25) is 0 Å². The maximum Gasteiger partial charge on any atom is 0.416 e. The van der Waals surface area contributed by atoms with Crippen molar-refractivity contribution in [2.24, 2.45) is 0 Å². The molecule has 1 atom stereocenters. The summed E-state index contributed by atoms with van der Waals surface area (Å²) in [5.41, 5.74) is -5.49. The molecule has 0 saturated carbocycles. The fourth-order valence-corrected chi connectivity index (χ4v) is 8.60. The Hall–Kier alpha value is -3.93. The van der Waals surface area contributed by atoms with Crippen LogP contribution < -0.4 is 25.4 Å². The zero-order valence-corrected chi connectivity index (χ0v) is 29.4. The minimum atomic E-state index is -5.39. The van der Waals surface area contributed by atoms with Crippen molar-refractivity contribution in [1.29, 1.82) is 0 Å². The average molecular weight is 769 g/mol. The van der Waals surface area contributed by atoms with Crippen LogP contribution in [0.1, 0.15) is 79.3 Å². The average Bonchev–Trinajstić information content (AvgIpc) is 3.05. The van der Waals surface area contributed by atoms with E-state index in [2.05, 4.69) is 0 Å². The van der Waals surface area contributed by atoms with Gasteiger partial charge >= 0.3 is 24.7 Å². The van der Waals surface area contributed by atoms with Crippen molar-refractivity contribution in [2.75, 3.05) is 14.2 Å². The van der Waals surface area contributed by atoms with Crippen molar-refractivity contribution in [1.82, 2.24) is 0 Å². The van der Waals surface area contributed by atoms with E-state index in [1.807, 2.05) is 27.7 Å². The first kappa shape index (κ1) is 40.8. The van der Waals surface area contributed by atoms with E-state index < -0.39 is 65.5 Å². The van der Waals surface area contributed by atoms with Crippen molar-refractivity contribution in [3.8, 4) is 22.6 Å². The van der Waals surface area contributed by atoms with Gasteiger partial charge in [0.15, 0.2) is 0 Å². The molecule has 1 unspecified atom stereocenters. The first-order valence-corrected chi connectivity index (χ1v) is 17.0. The summed E-state index contributed by atoms with van der Waals surface area (Å²) in [5, 5.41) is -1.90. The second-order valence-electron chi connectivity index (χ2n) is 12.3. The molecule has 4 aromatic rings. The van der Waals surface area contributed by atoms with Gasteiger partial charge < -0.3 is 9.47 Å². The van der Waals surface area contributed by atoms with Crippen molar-refractivity contribution in [3.05, 3.63) is 100 Å². The SMILES string of the molecule is CCC(C)c1cccc(C(C)C)c1-c1c(OC)ccc(OC)c1P(c1cc(C(F)(F)F)cc(C(F)(F)F)c1)c1cc(C(F)(F)F)cc(C(F)(F)F)c1. The summed E-state index contributed by atoms with van der Waals surface area (Å²) in [5.74, 6) is -0.705. The third-order valence-electron chi connectivity index (χ3n) is 8.57. The highest BCUT2D eigenvalue weighted by molar-refractivity contribution is 7.80. The predicted molar refractivity (Wildman–Crippen MR) is 176 cm³/mol. The van der Waals surface area contributed by atoms with Gasteiger partial charge in [0.2, 0.25) is 0 Å². The largest absolute Gasteiger partial charge is 0.496 e. The van der Waals surface area contributed by atoms with Crippen LogP contribution in [0, 0.1) is 0 Å². The Kier molecular flexibility index (Phi) is 11.6. The lowest BCUT2D eigenvalue weighted by Gasteiger charge is -2.30. The second-order valence-corrected chi connectivity index (χ2v) is 14.5. The van der Waals surface area contributed by atoms with E-state index in [1.54, 1.807) is 18.2 Å². The maximum absolute atomic E-state index is 14.3.